The summed E-state index contributed by atoms with van der Waals surface area (Å²) in [5.41, 5.74) is 0.880. The number of fused-ring (bicyclic) bond motifs is 1. The molecule has 2 N–H and O–H groups in total. The van der Waals surface area contributed by atoms with Gasteiger partial charge in [0.1, 0.15) is 12.1 Å². The zero-order valence-corrected chi connectivity index (χ0v) is 20.5. The molecule has 1 saturated carbocycles. The van der Waals surface area contributed by atoms with Gasteiger partial charge >= 0.3 is 6.03 Å². The fourth-order valence-corrected chi connectivity index (χ4v) is 5.22. The number of likely N-dealkylation sites (N-methyl/N-ethyl adjacent to an activating group) is 1. The number of imide groups is 1. The Morgan fingerprint density at radius 2 is 1.88 bits per heavy atom. The lowest BCUT2D eigenvalue weighted by atomic mass is 9.75. The molecular formula is C25H36N6O3. The quantitative estimate of drug-likeness (QED) is 0.551. The Morgan fingerprint density at radius 3 is 2.56 bits per heavy atom. The van der Waals surface area contributed by atoms with E-state index >= 15 is 0 Å². The molecule has 0 radical (unpaired) electrons. The summed E-state index contributed by atoms with van der Waals surface area (Å²) < 4.78 is 1.99. The second-order valence-electron chi connectivity index (χ2n) is 9.41. The third kappa shape index (κ3) is 4.66. The molecular weight excluding hydrogens is 432 g/mol. The van der Waals surface area contributed by atoms with Crippen LogP contribution < -0.4 is 10.6 Å². The Bertz CT molecular complexity index is 1050. The smallest absolute Gasteiger partial charge is 0.323 e. The van der Waals surface area contributed by atoms with Crippen molar-refractivity contribution in [3.63, 3.8) is 0 Å². The number of para-hydroxylation sites is 2. The molecule has 184 valence electrons. The molecule has 0 bridgehead atoms. The van der Waals surface area contributed by atoms with Gasteiger partial charge in [-0.3, -0.25) is 19.8 Å². The summed E-state index contributed by atoms with van der Waals surface area (Å²) in [5, 5.41) is 5.75. The van der Waals surface area contributed by atoms with Crippen molar-refractivity contribution in [2.24, 2.45) is 5.92 Å². The summed E-state index contributed by atoms with van der Waals surface area (Å²) in [6.07, 6.45) is 4.18. The van der Waals surface area contributed by atoms with E-state index in [1.165, 1.54) is 0 Å². The second kappa shape index (κ2) is 10.1. The van der Waals surface area contributed by atoms with Crippen LogP contribution in [-0.2, 0) is 16.1 Å². The van der Waals surface area contributed by atoms with Gasteiger partial charge in [-0.1, -0.05) is 39.3 Å². The summed E-state index contributed by atoms with van der Waals surface area (Å²) in [6.45, 7) is 9.46. The fraction of sp³-hybridized carbons (Fsp3) is 0.600. The van der Waals surface area contributed by atoms with Crippen molar-refractivity contribution >= 4 is 34.8 Å². The van der Waals surface area contributed by atoms with Crippen molar-refractivity contribution in [1.29, 1.82) is 0 Å². The first kappa shape index (κ1) is 24.2. The Labute approximate surface area is 200 Å². The molecule has 1 aliphatic carbocycles. The van der Waals surface area contributed by atoms with Crippen molar-refractivity contribution in [2.75, 3.05) is 31.5 Å². The van der Waals surface area contributed by atoms with E-state index < -0.39 is 17.5 Å². The first-order valence-corrected chi connectivity index (χ1v) is 12.5. The van der Waals surface area contributed by atoms with E-state index in [9.17, 15) is 14.4 Å². The van der Waals surface area contributed by atoms with Gasteiger partial charge in [0.25, 0.3) is 5.91 Å². The van der Waals surface area contributed by atoms with Crippen molar-refractivity contribution in [3.8, 4) is 0 Å². The number of amides is 4. The molecule has 1 aliphatic heterocycles. The third-order valence-electron chi connectivity index (χ3n) is 7.52. The molecule has 0 unspecified atom stereocenters. The first-order valence-electron chi connectivity index (χ1n) is 12.5. The van der Waals surface area contributed by atoms with Crippen LogP contribution in [-0.4, -0.2) is 68.9 Å². The van der Waals surface area contributed by atoms with Crippen LogP contribution in [0.4, 0.5) is 10.7 Å². The molecule has 2 fully saturated rings. The van der Waals surface area contributed by atoms with E-state index in [-0.39, 0.29) is 12.5 Å². The lowest BCUT2D eigenvalue weighted by molar-refractivity contribution is -0.135. The van der Waals surface area contributed by atoms with Crippen LogP contribution in [0.5, 0.6) is 0 Å². The minimum Gasteiger partial charge on any atom is -0.323 e. The highest BCUT2D eigenvalue weighted by Crippen LogP contribution is 2.37. The minimum absolute atomic E-state index is 0.280. The number of anilines is 1. The SMILES string of the molecule is CCC1CCC2(CC1)NC(=O)N(CC(=O)Nc1nc3ccccc3n1CCN(CC)CC)C2=O. The monoisotopic (exact) mass is 468 g/mol. The summed E-state index contributed by atoms with van der Waals surface area (Å²) in [4.78, 5) is 46.7. The standard InChI is InChI=1S/C25H36N6O3/c1-4-18-11-13-25(14-12-18)22(33)31(24(34)28-25)17-21(32)27-23-26-19-9-7-8-10-20(19)30(23)16-15-29(5-2)6-3/h7-10,18H,4-6,11-17H2,1-3H3,(H,28,34)(H,26,27,32). The average Bonchev–Trinajstić information content (AvgIpc) is 3.30. The largest absolute Gasteiger partial charge is 0.325 e. The molecule has 4 rings (SSSR count). The Balaban J connectivity index is 1.47. The number of nitrogens with one attached hydrogen (secondary N) is 2. The lowest BCUT2D eigenvalue weighted by Crippen LogP contribution is -2.49. The average molecular weight is 469 g/mol. The van der Waals surface area contributed by atoms with Gasteiger partial charge in [-0.15, -0.1) is 0 Å². The van der Waals surface area contributed by atoms with Crippen LogP contribution in [0.15, 0.2) is 24.3 Å². The Kier molecular flexibility index (Phi) is 7.21. The van der Waals surface area contributed by atoms with Crippen LogP contribution >= 0.6 is 0 Å². The highest BCUT2D eigenvalue weighted by molar-refractivity contribution is 6.10. The first-order chi connectivity index (χ1) is 16.4. The van der Waals surface area contributed by atoms with Gasteiger partial charge in [-0.2, -0.15) is 0 Å². The molecule has 2 aliphatic rings. The predicted octanol–water partition coefficient (Wildman–Crippen LogP) is 3.21. The van der Waals surface area contributed by atoms with Gasteiger partial charge in [0.05, 0.1) is 11.0 Å². The molecule has 1 saturated heterocycles. The summed E-state index contributed by atoms with van der Waals surface area (Å²) in [6, 6.07) is 7.27. The number of hydrogen-bond acceptors (Lipinski definition) is 5. The Morgan fingerprint density at radius 1 is 1.18 bits per heavy atom. The number of benzene rings is 1. The maximum Gasteiger partial charge on any atom is 0.325 e. The predicted molar refractivity (Wildman–Crippen MR) is 131 cm³/mol. The zero-order chi connectivity index (χ0) is 24.3. The van der Waals surface area contributed by atoms with E-state index in [0.717, 1.165) is 54.8 Å². The van der Waals surface area contributed by atoms with Crippen LogP contribution in [0.2, 0.25) is 0 Å². The van der Waals surface area contributed by atoms with Gasteiger partial charge < -0.3 is 14.8 Å². The molecule has 2 heterocycles. The molecule has 1 aromatic carbocycles. The molecule has 9 nitrogen and oxygen atoms in total. The van der Waals surface area contributed by atoms with E-state index in [1.807, 2.05) is 28.8 Å². The second-order valence-corrected chi connectivity index (χ2v) is 9.41. The number of urea groups is 1. The number of hydrogen-bond donors (Lipinski definition) is 2. The third-order valence-corrected chi connectivity index (χ3v) is 7.52. The number of carbonyl (C=O) groups is 3. The van der Waals surface area contributed by atoms with E-state index in [1.54, 1.807) is 0 Å². The van der Waals surface area contributed by atoms with Gasteiger partial charge in [0, 0.05) is 13.1 Å². The normalized spacial score (nSPS) is 22.7. The number of carbonyl (C=O) groups excluding carboxylic acids is 3. The molecule has 34 heavy (non-hydrogen) atoms. The minimum atomic E-state index is -0.847. The molecule has 1 aromatic heterocycles. The van der Waals surface area contributed by atoms with Crippen molar-refractivity contribution in [3.05, 3.63) is 24.3 Å². The number of nitrogens with zero attached hydrogens (tertiary/aromatic N) is 4. The van der Waals surface area contributed by atoms with Crippen LogP contribution in [0.3, 0.4) is 0 Å². The maximum atomic E-state index is 13.2. The van der Waals surface area contributed by atoms with Gasteiger partial charge in [0.15, 0.2) is 0 Å². The highest BCUT2D eigenvalue weighted by atomic mass is 16.2. The van der Waals surface area contributed by atoms with Crippen molar-refractivity contribution in [2.45, 2.75) is 65.0 Å². The molecule has 4 amide bonds. The zero-order valence-electron chi connectivity index (χ0n) is 20.5. The van der Waals surface area contributed by atoms with Crippen LogP contribution in [0, 0.1) is 5.92 Å². The molecule has 2 aromatic rings. The number of aromatic nitrogens is 2. The topological polar surface area (TPSA) is 99.6 Å². The van der Waals surface area contributed by atoms with E-state index in [0.29, 0.717) is 31.3 Å². The summed E-state index contributed by atoms with van der Waals surface area (Å²) >= 11 is 0. The molecule has 1 spiro atoms. The van der Waals surface area contributed by atoms with Gasteiger partial charge in [0.2, 0.25) is 11.9 Å². The van der Waals surface area contributed by atoms with Crippen LogP contribution in [0.25, 0.3) is 11.0 Å². The lowest BCUT2D eigenvalue weighted by Gasteiger charge is -2.34. The van der Waals surface area contributed by atoms with E-state index in [2.05, 4.69) is 41.3 Å². The highest BCUT2D eigenvalue weighted by Gasteiger charge is 2.52. The maximum absolute atomic E-state index is 13.2. The fourth-order valence-electron chi connectivity index (χ4n) is 5.22. The van der Waals surface area contributed by atoms with Crippen molar-refractivity contribution in [1.82, 2.24) is 24.7 Å². The van der Waals surface area contributed by atoms with Crippen LogP contribution in [0.1, 0.15) is 52.9 Å². The van der Waals surface area contributed by atoms with Crippen molar-refractivity contribution < 1.29 is 14.4 Å². The summed E-state index contributed by atoms with van der Waals surface area (Å²) in [5.74, 6) is 0.319. The van der Waals surface area contributed by atoms with E-state index in [4.69, 9.17) is 0 Å². The van der Waals surface area contributed by atoms with Gasteiger partial charge in [-0.25, -0.2) is 9.78 Å². The molecule has 9 heteroatoms. The Hall–Kier alpha value is -2.94. The number of rotatable bonds is 9. The molecule has 0 atom stereocenters. The van der Waals surface area contributed by atoms with Gasteiger partial charge in [-0.05, 0) is 56.8 Å². The number of imidazole rings is 1. The summed E-state index contributed by atoms with van der Waals surface area (Å²) in [7, 11) is 0.